The molecule has 0 spiro atoms. The number of carbonyl (C=O) groups excluding carboxylic acids is 1. The first-order valence-electron chi connectivity index (χ1n) is 6.14. The van der Waals surface area contributed by atoms with Gasteiger partial charge >= 0.3 is 0 Å². The van der Waals surface area contributed by atoms with Crippen molar-refractivity contribution < 1.29 is 9.53 Å². The zero-order chi connectivity index (χ0) is 12.8. The number of rotatable bonds is 3. The second-order valence-corrected chi connectivity index (χ2v) is 4.30. The molecule has 1 saturated heterocycles. The monoisotopic (exact) mass is 241 g/mol. The fraction of sp³-hybridized carbons (Fsp3) is 0.333. The van der Waals surface area contributed by atoms with E-state index < -0.39 is 6.10 Å². The summed E-state index contributed by atoms with van der Waals surface area (Å²) >= 11 is 0. The molecule has 2 rings (SSSR count). The fourth-order valence-electron chi connectivity index (χ4n) is 2.00. The first-order chi connectivity index (χ1) is 8.81. The van der Waals surface area contributed by atoms with Crippen molar-refractivity contribution >= 4 is 11.9 Å². The Morgan fingerprint density at radius 2 is 2.11 bits per heavy atom. The van der Waals surface area contributed by atoms with Crippen molar-refractivity contribution in [2.45, 2.75) is 25.4 Å². The molecule has 1 aliphatic rings. The minimum Gasteiger partial charge on any atom is -0.370 e. The lowest BCUT2D eigenvalue weighted by Crippen LogP contribution is -2.29. The second-order valence-electron chi connectivity index (χ2n) is 4.30. The first kappa shape index (κ1) is 12.5. The van der Waals surface area contributed by atoms with E-state index in [0.717, 1.165) is 18.4 Å². The van der Waals surface area contributed by atoms with Gasteiger partial charge in [0.25, 0.3) is 0 Å². The van der Waals surface area contributed by atoms with Crippen LogP contribution in [-0.4, -0.2) is 18.5 Å². The number of carbonyl (C=O) groups is 1. The minimum atomic E-state index is -0.437. The SMILES string of the molecule is N#C/C(=C/c1ccccc1)C(=O)C1CCCCO1. The van der Waals surface area contributed by atoms with Crippen LogP contribution >= 0.6 is 0 Å². The third kappa shape index (κ3) is 3.06. The number of ketones is 1. The molecule has 0 radical (unpaired) electrons. The van der Waals surface area contributed by atoms with Crippen LogP contribution in [0.3, 0.4) is 0 Å². The lowest BCUT2D eigenvalue weighted by atomic mass is 9.99. The van der Waals surface area contributed by atoms with Crippen LogP contribution in [0.1, 0.15) is 24.8 Å². The molecule has 1 atom stereocenters. The molecule has 1 unspecified atom stereocenters. The van der Waals surface area contributed by atoms with Crippen molar-refractivity contribution in [2.24, 2.45) is 0 Å². The molecule has 1 aromatic carbocycles. The van der Waals surface area contributed by atoms with Crippen molar-refractivity contribution in [1.29, 1.82) is 5.26 Å². The van der Waals surface area contributed by atoms with Gasteiger partial charge in [-0.15, -0.1) is 0 Å². The van der Waals surface area contributed by atoms with Gasteiger partial charge in [0.1, 0.15) is 12.2 Å². The Hall–Kier alpha value is -1.92. The zero-order valence-corrected chi connectivity index (χ0v) is 10.1. The second kappa shape index (κ2) is 6.13. The molecule has 0 aromatic heterocycles. The average molecular weight is 241 g/mol. The van der Waals surface area contributed by atoms with Crippen LogP contribution in [0.2, 0.25) is 0 Å². The Balaban J connectivity index is 2.16. The van der Waals surface area contributed by atoms with Crippen LogP contribution in [0.15, 0.2) is 35.9 Å². The van der Waals surface area contributed by atoms with Crippen molar-refractivity contribution in [3.8, 4) is 6.07 Å². The smallest absolute Gasteiger partial charge is 0.202 e. The van der Waals surface area contributed by atoms with Gasteiger partial charge < -0.3 is 4.74 Å². The molecule has 3 heteroatoms. The van der Waals surface area contributed by atoms with Crippen molar-refractivity contribution in [3.05, 3.63) is 41.5 Å². The van der Waals surface area contributed by atoms with Crippen LogP contribution < -0.4 is 0 Å². The third-order valence-corrected chi connectivity index (χ3v) is 2.97. The summed E-state index contributed by atoms with van der Waals surface area (Å²) in [5.41, 5.74) is 1.03. The molecular formula is C15H15NO2. The number of hydrogen-bond acceptors (Lipinski definition) is 3. The highest BCUT2D eigenvalue weighted by atomic mass is 16.5. The number of nitrogens with zero attached hydrogens (tertiary/aromatic N) is 1. The summed E-state index contributed by atoms with van der Waals surface area (Å²) in [5.74, 6) is -0.193. The summed E-state index contributed by atoms with van der Waals surface area (Å²) in [7, 11) is 0. The van der Waals surface area contributed by atoms with E-state index in [0.29, 0.717) is 13.0 Å². The van der Waals surface area contributed by atoms with Gasteiger partial charge in [0.2, 0.25) is 5.78 Å². The number of nitriles is 1. The maximum Gasteiger partial charge on any atom is 0.202 e. The van der Waals surface area contributed by atoms with E-state index in [4.69, 9.17) is 10.00 Å². The topological polar surface area (TPSA) is 50.1 Å². The van der Waals surface area contributed by atoms with Gasteiger partial charge in [-0.3, -0.25) is 4.79 Å². The molecular weight excluding hydrogens is 226 g/mol. The van der Waals surface area contributed by atoms with E-state index in [9.17, 15) is 4.79 Å². The van der Waals surface area contributed by atoms with E-state index in [1.54, 1.807) is 6.08 Å². The number of ether oxygens (including phenoxy) is 1. The van der Waals surface area contributed by atoms with E-state index in [-0.39, 0.29) is 11.4 Å². The van der Waals surface area contributed by atoms with E-state index >= 15 is 0 Å². The van der Waals surface area contributed by atoms with Gasteiger partial charge in [-0.25, -0.2) is 0 Å². The van der Waals surface area contributed by atoms with Crippen LogP contribution in [0.5, 0.6) is 0 Å². The zero-order valence-electron chi connectivity index (χ0n) is 10.1. The van der Waals surface area contributed by atoms with E-state index in [1.165, 1.54) is 0 Å². The van der Waals surface area contributed by atoms with Gasteiger partial charge in [0, 0.05) is 6.61 Å². The standard InChI is InChI=1S/C15H15NO2/c16-11-13(10-12-6-2-1-3-7-12)15(17)14-8-4-5-9-18-14/h1-3,6-7,10,14H,4-5,8-9H2/b13-10-. The highest BCUT2D eigenvalue weighted by Crippen LogP contribution is 2.18. The molecule has 1 fully saturated rings. The Morgan fingerprint density at radius 1 is 1.33 bits per heavy atom. The molecule has 1 heterocycles. The molecule has 1 aromatic rings. The van der Waals surface area contributed by atoms with Crippen LogP contribution in [0, 0.1) is 11.3 Å². The number of benzene rings is 1. The molecule has 0 amide bonds. The average Bonchev–Trinajstić information content (AvgIpc) is 2.46. The summed E-state index contributed by atoms with van der Waals surface area (Å²) in [6, 6.07) is 11.4. The summed E-state index contributed by atoms with van der Waals surface area (Å²) in [4.78, 5) is 12.1. The van der Waals surface area contributed by atoms with Crippen LogP contribution in [0.4, 0.5) is 0 Å². The van der Waals surface area contributed by atoms with E-state index in [2.05, 4.69) is 0 Å². The predicted octanol–water partition coefficient (Wildman–Crippen LogP) is 2.73. The molecule has 18 heavy (non-hydrogen) atoms. The highest BCUT2D eigenvalue weighted by Gasteiger charge is 2.24. The molecule has 0 aliphatic carbocycles. The largest absolute Gasteiger partial charge is 0.370 e. The maximum atomic E-state index is 12.1. The van der Waals surface area contributed by atoms with Crippen molar-refractivity contribution in [1.82, 2.24) is 0 Å². The van der Waals surface area contributed by atoms with Gasteiger partial charge in [0.05, 0.1) is 5.57 Å². The summed E-state index contributed by atoms with van der Waals surface area (Å²) in [6.07, 6.45) is 3.88. The van der Waals surface area contributed by atoms with Gasteiger partial charge in [-0.05, 0) is 30.9 Å². The molecule has 92 valence electrons. The summed E-state index contributed by atoms with van der Waals surface area (Å²) in [6.45, 7) is 0.612. The maximum absolute atomic E-state index is 12.1. The summed E-state index contributed by atoms with van der Waals surface area (Å²) < 4.78 is 5.42. The van der Waals surface area contributed by atoms with Crippen molar-refractivity contribution in [2.75, 3.05) is 6.61 Å². The Bertz CT molecular complexity index is 479. The van der Waals surface area contributed by atoms with Gasteiger partial charge in [-0.1, -0.05) is 30.3 Å². The Labute approximate surface area is 107 Å². The molecule has 3 nitrogen and oxygen atoms in total. The van der Waals surface area contributed by atoms with Gasteiger partial charge in [-0.2, -0.15) is 5.26 Å². The van der Waals surface area contributed by atoms with E-state index in [1.807, 2.05) is 36.4 Å². The number of Topliss-reactive ketones (excluding diaryl/α,β-unsaturated/α-hetero) is 1. The molecule has 0 saturated carbocycles. The molecule has 1 aliphatic heterocycles. The molecule has 0 N–H and O–H groups in total. The highest BCUT2D eigenvalue weighted by molar-refractivity contribution is 6.06. The Morgan fingerprint density at radius 3 is 2.72 bits per heavy atom. The van der Waals surface area contributed by atoms with Crippen molar-refractivity contribution in [3.63, 3.8) is 0 Å². The van der Waals surface area contributed by atoms with Crippen LogP contribution in [0.25, 0.3) is 6.08 Å². The molecule has 0 bridgehead atoms. The Kier molecular flexibility index (Phi) is 4.27. The van der Waals surface area contributed by atoms with Crippen LogP contribution in [-0.2, 0) is 9.53 Å². The quantitative estimate of drug-likeness (QED) is 0.604. The first-order valence-corrected chi connectivity index (χ1v) is 6.14. The van der Waals surface area contributed by atoms with Gasteiger partial charge in [0.15, 0.2) is 0 Å². The normalized spacial score (nSPS) is 20.2. The summed E-state index contributed by atoms with van der Waals surface area (Å²) in [5, 5.41) is 9.09. The minimum absolute atomic E-state index is 0.174. The lowest BCUT2D eigenvalue weighted by Gasteiger charge is -2.20. The third-order valence-electron chi connectivity index (χ3n) is 2.97. The number of hydrogen-bond donors (Lipinski definition) is 0. The fourth-order valence-corrected chi connectivity index (χ4v) is 2.00. The lowest BCUT2D eigenvalue weighted by molar-refractivity contribution is -0.128. The predicted molar refractivity (Wildman–Crippen MR) is 68.6 cm³/mol.